The number of urea groups is 1. The molecule has 1 aromatic heterocycles. The summed E-state index contributed by atoms with van der Waals surface area (Å²) in [5.41, 5.74) is -0.811. The number of hydrogen-bond acceptors (Lipinski definition) is 4. The van der Waals surface area contributed by atoms with E-state index in [-0.39, 0.29) is 11.8 Å². The first-order valence-electron chi connectivity index (χ1n) is 8.14. The molecule has 0 aliphatic carbocycles. The summed E-state index contributed by atoms with van der Waals surface area (Å²) in [6, 6.07) is 3.36. The molecule has 8 heteroatoms. The zero-order valence-electron chi connectivity index (χ0n) is 14.0. The molecule has 0 aromatic carbocycles. The number of hydrogen-bond donors (Lipinski definition) is 3. The molecule has 130 valence electrons. The lowest BCUT2D eigenvalue weighted by Gasteiger charge is -2.39. The molecule has 3 N–H and O–H groups in total. The Morgan fingerprint density at radius 3 is 2.75 bits per heavy atom. The molecule has 2 aliphatic heterocycles. The first kappa shape index (κ1) is 16.4. The quantitative estimate of drug-likeness (QED) is 0.429. The molecule has 1 aromatic rings. The Labute approximate surface area is 140 Å². The summed E-state index contributed by atoms with van der Waals surface area (Å²) in [4.78, 5) is 30.0. The zero-order valence-corrected chi connectivity index (χ0v) is 14.0. The average molecular weight is 333 g/mol. The van der Waals surface area contributed by atoms with Gasteiger partial charge in [0.1, 0.15) is 11.3 Å². The fourth-order valence-corrected chi connectivity index (χ4v) is 3.42. The van der Waals surface area contributed by atoms with Crippen molar-refractivity contribution in [1.29, 1.82) is 0 Å². The van der Waals surface area contributed by atoms with Gasteiger partial charge in [-0.3, -0.25) is 15.1 Å². The van der Waals surface area contributed by atoms with Crippen LogP contribution in [0, 0.1) is 5.92 Å². The Hall–Kier alpha value is -2.51. The van der Waals surface area contributed by atoms with Gasteiger partial charge in [0, 0.05) is 20.1 Å². The molecule has 2 fully saturated rings. The third kappa shape index (κ3) is 3.08. The number of likely N-dealkylation sites (tertiary alicyclic amines) is 1. The number of carbonyl (C=O) groups excluding carboxylic acids is 2. The fraction of sp³-hybridized carbons (Fsp3) is 0.562. The maximum absolute atomic E-state index is 12.1. The van der Waals surface area contributed by atoms with E-state index in [2.05, 4.69) is 25.8 Å². The summed E-state index contributed by atoms with van der Waals surface area (Å²) in [6.45, 7) is 3.94. The van der Waals surface area contributed by atoms with Crippen molar-refractivity contribution in [2.45, 2.75) is 31.8 Å². The van der Waals surface area contributed by atoms with Crippen molar-refractivity contribution < 1.29 is 14.0 Å². The standard InChI is InChI=1S/C16H23N5O3/c1-16(13(22)19-15(23)20-16)11-5-7-21(8-6-11)14(17-2)18-10-12-4-3-9-24-12/h3-4,9,11H,5-8,10H2,1-2H3,(H,17,18)(H2,19,20,22,23). The van der Waals surface area contributed by atoms with Crippen molar-refractivity contribution in [2.75, 3.05) is 20.1 Å². The molecule has 2 aliphatic rings. The number of piperidine rings is 1. The first-order valence-corrected chi connectivity index (χ1v) is 8.14. The van der Waals surface area contributed by atoms with Crippen molar-refractivity contribution in [3.8, 4) is 0 Å². The van der Waals surface area contributed by atoms with Crippen LogP contribution in [0.4, 0.5) is 4.79 Å². The van der Waals surface area contributed by atoms with Crippen LogP contribution in [0.2, 0.25) is 0 Å². The van der Waals surface area contributed by atoms with Crippen LogP contribution in [-0.4, -0.2) is 48.5 Å². The van der Waals surface area contributed by atoms with Gasteiger partial charge in [-0.25, -0.2) is 4.79 Å². The van der Waals surface area contributed by atoms with Gasteiger partial charge in [0.25, 0.3) is 5.91 Å². The normalized spacial score (nSPS) is 25.6. The topological polar surface area (TPSA) is 99.0 Å². The van der Waals surface area contributed by atoms with E-state index in [0.29, 0.717) is 6.54 Å². The zero-order chi connectivity index (χ0) is 17.2. The lowest BCUT2D eigenvalue weighted by Crippen LogP contribution is -2.55. The highest BCUT2D eigenvalue weighted by Crippen LogP contribution is 2.30. The minimum atomic E-state index is -0.811. The molecule has 0 spiro atoms. The van der Waals surface area contributed by atoms with Crippen LogP contribution in [0.15, 0.2) is 27.8 Å². The number of rotatable bonds is 3. The molecule has 3 heterocycles. The SMILES string of the molecule is CN=C(NCc1ccco1)N1CCC(C2(C)NC(=O)NC2=O)CC1. The van der Waals surface area contributed by atoms with Crippen LogP contribution in [0.25, 0.3) is 0 Å². The Balaban J connectivity index is 1.56. The summed E-state index contributed by atoms with van der Waals surface area (Å²) >= 11 is 0. The van der Waals surface area contributed by atoms with Crippen LogP contribution in [0.3, 0.4) is 0 Å². The molecular formula is C16H23N5O3. The summed E-state index contributed by atoms with van der Waals surface area (Å²) in [6.07, 6.45) is 3.27. The maximum Gasteiger partial charge on any atom is 0.322 e. The first-order chi connectivity index (χ1) is 11.5. The van der Waals surface area contributed by atoms with Crippen molar-refractivity contribution in [1.82, 2.24) is 20.9 Å². The maximum atomic E-state index is 12.1. The lowest BCUT2D eigenvalue weighted by atomic mass is 9.79. The number of carbonyl (C=O) groups is 2. The third-order valence-electron chi connectivity index (χ3n) is 4.90. The largest absolute Gasteiger partial charge is 0.467 e. The van der Waals surface area contributed by atoms with Crippen molar-refractivity contribution in [3.63, 3.8) is 0 Å². The van der Waals surface area contributed by atoms with Crippen LogP contribution in [0.5, 0.6) is 0 Å². The van der Waals surface area contributed by atoms with E-state index in [1.54, 1.807) is 20.2 Å². The molecule has 0 saturated carbocycles. The summed E-state index contributed by atoms with van der Waals surface area (Å²) in [5.74, 6) is 1.55. The van der Waals surface area contributed by atoms with Crippen LogP contribution in [-0.2, 0) is 11.3 Å². The van der Waals surface area contributed by atoms with Gasteiger partial charge in [0.2, 0.25) is 0 Å². The summed E-state index contributed by atoms with van der Waals surface area (Å²) in [7, 11) is 1.75. The number of nitrogens with zero attached hydrogens (tertiary/aromatic N) is 2. The van der Waals surface area contributed by atoms with Gasteiger partial charge in [-0.1, -0.05) is 0 Å². The fourth-order valence-electron chi connectivity index (χ4n) is 3.42. The predicted molar refractivity (Wildman–Crippen MR) is 88.3 cm³/mol. The van der Waals surface area contributed by atoms with E-state index in [4.69, 9.17) is 4.42 Å². The van der Waals surface area contributed by atoms with E-state index in [1.807, 2.05) is 12.1 Å². The van der Waals surface area contributed by atoms with Gasteiger partial charge in [-0.05, 0) is 37.8 Å². The summed E-state index contributed by atoms with van der Waals surface area (Å²) < 4.78 is 5.31. The van der Waals surface area contributed by atoms with Crippen molar-refractivity contribution in [3.05, 3.63) is 24.2 Å². The Bertz CT molecular complexity index is 634. The molecule has 3 amide bonds. The van der Waals surface area contributed by atoms with Crippen molar-refractivity contribution >= 4 is 17.9 Å². The Kier molecular flexibility index (Phi) is 4.46. The third-order valence-corrected chi connectivity index (χ3v) is 4.90. The van der Waals surface area contributed by atoms with Crippen molar-refractivity contribution in [2.24, 2.45) is 10.9 Å². The minimum Gasteiger partial charge on any atom is -0.467 e. The van der Waals surface area contributed by atoms with Gasteiger partial charge >= 0.3 is 6.03 Å². The van der Waals surface area contributed by atoms with Crippen LogP contribution < -0.4 is 16.0 Å². The number of aliphatic imine (C=N–C) groups is 1. The second kappa shape index (κ2) is 6.54. The monoisotopic (exact) mass is 333 g/mol. The van der Waals surface area contributed by atoms with E-state index in [9.17, 15) is 9.59 Å². The van der Waals surface area contributed by atoms with Gasteiger partial charge in [-0.2, -0.15) is 0 Å². The number of furan rings is 1. The number of imide groups is 1. The van der Waals surface area contributed by atoms with E-state index in [0.717, 1.165) is 37.7 Å². The van der Waals surface area contributed by atoms with Gasteiger partial charge < -0.3 is 20.0 Å². The second-order valence-corrected chi connectivity index (χ2v) is 6.35. The van der Waals surface area contributed by atoms with E-state index >= 15 is 0 Å². The molecule has 3 rings (SSSR count). The molecular weight excluding hydrogens is 310 g/mol. The predicted octanol–water partition coefficient (Wildman–Crippen LogP) is 0.665. The van der Waals surface area contributed by atoms with Gasteiger partial charge in [0.15, 0.2) is 5.96 Å². The number of nitrogens with one attached hydrogen (secondary N) is 3. The molecule has 0 radical (unpaired) electrons. The molecule has 2 saturated heterocycles. The number of guanidine groups is 1. The molecule has 24 heavy (non-hydrogen) atoms. The molecule has 8 nitrogen and oxygen atoms in total. The van der Waals surface area contributed by atoms with E-state index < -0.39 is 11.6 Å². The lowest BCUT2D eigenvalue weighted by molar-refractivity contribution is -0.125. The molecule has 1 unspecified atom stereocenters. The minimum absolute atomic E-state index is 0.114. The highest BCUT2D eigenvalue weighted by atomic mass is 16.3. The number of amides is 3. The van der Waals surface area contributed by atoms with Crippen LogP contribution >= 0.6 is 0 Å². The average Bonchev–Trinajstić information content (AvgIpc) is 3.17. The molecule has 1 atom stereocenters. The summed E-state index contributed by atoms with van der Waals surface area (Å²) in [5, 5.41) is 8.40. The second-order valence-electron chi connectivity index (χ2n) is 6.35. The van der Waals surface area contributed by atoms with E-state index in [1.165, 1.54) is 0 Å². The van der Waals surface area contributed by atoms with Gasteiger partial charge in [-0.15, -0.1) is 0 Å². The van der Waals surface area contributed by atoms with Gasteiger partial charge in [0.05, 0.1) is 12.8 Å². The Morgan fingerprint density at radius 1 is 1.46 bits per heavy atom. The van der Waals surface area contributed by atoms with Crippen LogP contribution in [0.1, 0.15) is 25.5 Å². The smallest absolute Gasteiger partial charge is 0.322 e. The molecule has 0 bridgehead atoms. The highest BCUT2D eigenvalue weighted by molar-refractivity contribution is 6.07. The highest BCUT2D eigenvalue weighted by Gasteiger charge is 2.48. The Morgan fingerprint density at radius 2 is 2.21 bits per heavy atom.